The van der Waals surface area contributed by atoms with Crippen LogP contribution in [0.3, 0.4) is 0 Å². The van der Waals surface area contributed by atoms with Crippen molar-refractivity contribution in [1.29, 1.82) is 0 Å². The number of hydrogen-bond acceptors (Lipinski definition) is 6. The molecular formula is C20H24F3N5O2. The zero-order valence-electron chi connectivity index (χ0n) is 16.6. The van der Waals surface area contributed by atoms with Gasteiger partial charge in [-0.25, -0.2) is 9.97 Å². The zero-order valence-corrected chi connectivity index (χ0v) is 16.6. The summed E-state index contributed by atoms with van der Waals surface area (Å²) in [5.41, 5.74) is 6.64. The predicted octanol–water partition coefficient (Wildman–Crippen LogP) is 3.05. The molecule has 162 valence electrons. The Labute approximate surface area is 172 Å². The number of anilines is 1. The largest absolute Gasteiger partial charge is 0.573 e. The van der Waals surface area contributed by atoms with Crippen molar-refractivity contribution in [1.82, 2.24) is 19.4 Å². The van der Waals surface area contributed by atoms with E-state index < -0.39 is 12.1 Å². The van der Waals surface area contributed by atoms with Crippen molar-refractivity contribution in [2.24, 2.45) is 11.8 Å². The van der Waals surface area contributed by atoms with Gasteiger partial charge in [-0.15, -0.1) is 13.2 Å². The van der Waals surface area contributed by atoms with Crippen molar-refractivity contribution in [3.8, 4) is 17.0 Å². The number of rotatable bonds is 7. The Kier molecular flexibility index (Phi) is 4.66. The van der Waals surface area contributed by atoms with Crippen molar-refractivity contribution in [2.75, 3.05) is 39.1 Å². The van der Waals surface area contributed by atoms with E-state index in [9.17, 15) is 13.2 Å². The molecule has 2 saturated carbocycles. The smallest absolute Gasteiger partial charge is 0.402 e. The number of nitrogen functional groups attached to an aromatic ring is 1. The highest BCUT2D eigenvalue weighted by molar-refractivity contribution is 5.64. The third kappa shape index (κ3) is 3.74. The van der Waals surface area contributed by atoms with Crippen LogP contribution >= 0.6 is 0 Å². The summed E-state index contributed by atoms with van der Waals surface area (Å²) in [4.78, 5) is 11.1. The van der Waals surface area contributed by atoms with Crippen LogP contribution in [0, 0.1) is 11.8 Å². The molecule has 0 amide bonds. The Morgan fingerprint density at radius 3 is 2.60 bits per heavy atom. The van der Waals surface area contributed by atoms with Gasteiger partial charge in [0.05, 0.1) is 12.3 Å². The van der Waals surface area contributed by atoms with E-state index in [2.05, 4.69) is 19.2 Å². The van der Waals surface area contributed by atoms with Crippen LogP contribution < -0.4 is 10.5 Å². The number of nitrogens with zero attached hydrogens (tertiary/aromatic N) is 4. The number of aromatic nitrogens is 3. The lowest BCUT2D eigenvalue weighted by molar-refractivity contribution is -0.274. The second-order valence-corrected chi connectivity index (χ2v) is 8.39. The average molecular weight is 423 g/mol. The lowest BCUT2D eigenvalue weighted by atomic mass is 10.2. The minimum Gasteiger partial charge on any atom is -0.402 e. The van der Waals surface area contributed by atoms with Crippen LogP contribution in [0.1, 0.15) is 30.6 Å². The highest BCUT2D eigenvalue weighted by Gasteiger charge is 2.57. The van der Waals surface area contributed by atoms with Crippen LogP contribution in [0.25, 0.3) is 11.3 Å². The van der Waals surface area contributed by atoms with Crippen molar-refractivity contribution in [3.05, 3.63) is 24.3 Å². The molecule has 3 heterocycles. The van der Waals surface area contributed by atoms with E-state index in [0.717, 1.165) is 44.9 Å². The molecule has 3 atom stereocenters. The fourth-order valence-corrected chi connectivity index (χ4v) is 4.63. The van der Waals surface area contributed by atoms with Crippen LogP contribution in [0.4, 0.5) is 19.0 Å². The first-order valence-corrected chi connectivity index (χ1v) is 10.2. The van der Waals surface area contributed by atoms with Gasteiger partial charge in [-0.05, 0) is 30.7 Å². The molecule has 3 fully saturated rings. The van der Waals surface area contributed by atoms with Gasteiger partial charge >= 0.3 is 6.36 Å². The zero-order chi connectivity index (χ0) is 21.0. The molecule has 5 rings (SSSR count). The number of pyridine rings is 1. The summed E-state index contributed by atoms with van der Waals surface area (Å²) in [6.07, 6.45) is 0.776. The minimum absolute atomic E-state index is 0.300. The number of alkyl halides is 3. The fourth-order valence-electron chi connectivity index (χ4n) is 4.63. The average Bonchev–Trinajstić information content (AvgIpc) is 3.56. The summed E-state index contributed by atoms with van der Waals surface area (Å²) < 4.78 is 49.4. The Morgan fingerprint density at radius 2 is 1.97 bits per heavy atom. The van der Waals surface area contributed by atoms with Gasteiger partial charge in [0.2, 0.25) is 0 Å². The Bertz CT molecular complexity index is 931. The van der Waals surface area contributed by atoms with E-state index in [1.807, 2.05) is 6.20 Å². The molecule has 0 radical (unpaired) electrons. The quantitative estimate of drug-likeness (QED) is 0.738. The Hall–Kier alpha value is -2.33. The number of fused-ring (bicyclic) bond motifs is 1. The molecule has 2 N–H and O–H groups in total. The highest BCUT2D eigenvalue weighted by Crippen LogP contribution is 2.57. The summed E-state index contributed by atoms with van der Waals surface area (Å²) >= 11 is 0. The van der Waals surface area contributed by atoms with Gasteiger partial charge in [-0.1, -0.05) is 0 Å². The van der Waals surface area contributed by atoms with E-state index in [1.54, 1.807) is 7.11 Å². The molecule has 10 heteroatoms. The second kappa shape index (κ2) is 7.12. The Balaban J connectivity index is 1.38. The number of piperidine rings is 1. The molecule has 2 aromatic heterocycles. The van der Waals surface area contributed by atoms with Crippen LogP contribution in [-0.4, -0.2) is 59.1 Å². The van der Waals surface area contributed by atoms with E-state index in [4.69, 9.17) is 15.5 Å². The summed E-state index contributed by atoms with van der Waals surface area (Å²) in [6.45, 7) is 3.77. The van der Waals surface area contributed by atoms with Crippen molar-refractivity contribution >= 4 is 5.82 Å². The SMILES string of the molecule is COCCN1C[C@@H]2[C@H](C1)[C@@H]2n1cc(-c2cnc(N)c(OC(F)(F)F)c2)nc1C1CC1. The first kappa shape index (κ1) is 19.6. The molecule has 1 aliphatic heterocycles. The van der Waals surface area contributed by atoms with Crippen LogP contribution in [-0.2, 0) is 4.74 Å². The maximum Gasteiger partial charge on any atom is 0.573 e. The molecule has 3 aliphatic rings. The normalized spacial score (nSPS) is 26.1. The van der Waals surface area contributed by atoms with Gasteiger partial charge in [0.15, 0.2) is 11.6 Å². The molecule has 0 unspecified atom stereocenters. The molecule has 7 nitrogen and oxygen atoms in total. The maximum atomic E-state index is 12.7. The number of halogens is 3. The van der Waals surface area contributed by atoms with Crippen molar-refractivity contribution < 1.29 is 22.6 Å². The van der Waals surface area contributed by atoms with Crippen LogP contribution in [0.15, 0.2) is 18.5 Å². The summed E-state index contributed by atoms with van der Waals surface area (Å²) in [5, 5.41) is 0. The molecule has 2 aliphatic carbocycles. The molecule has 0 aromatic carbocycles. The van der Waals surface area contributed by atoms with Gasteiger partial charge in [0.1, 0.15) is 5.82 Å². The van der Waals surface area contributed by atoms with Gasteiger partial charge in [0, 0.05) is 56.7 Å². The van der Waals surface area contributed by atoms with Gasteiger partial charge in [-0.2, -0.15) is 0 Å². The van der Waals surface area contributed by atoms with Gasteiger partial charge in [0.25, 0.3) is 0 Å². The number of ether oxygens (including phenoxy) is 2. The third-order valence-corrected chi connectivity index (χ3v) is 6.26. The van der Waals surface area contributed by atoms with Crippen LogP contribution in [0.2, 0.25) is 0 Å². The summed E-state index contributed by atoms with van der Waals surface area (Å²) in [6, 6.07) is 1.67. The molecule has 2 aromatic rings. The topological polar surface area (TPSA) is 78.4 Å². The second-order valence-electron chi connectivity index (χ2n) is 8.39. The van der Waals surface area contributed by atoms with Crippen molar-refractivity contribution in [3.63, 3.8) is 0 Å². The molecule has 30 heavy (non-hydrogen) atoms. The number of imidazole rings is 1. The monoisotopic (exact) mass is 423 g/mol. The predicted molar refractivity (Wildman–Crippen MR) is 103 cm³/mol. The standard InChI is InChI=1S/C20H24F3N5O2/c1-29-5-4-27-8-13-14(9-27)17(13)28-10-15(26-19(28)11-2-3-11)12-6-16(18(24)25-7-12)30-20(21,22)23/h6-7,10-11,13-14,17H,2-5,8-9H2,1H3,(H2,24,25)/t13-,14+,17-. The number of hydrogen-bond donors (Lipinski definition) is 1. The summed E-state index contributed by atoms with van der Waals surface area (Å²) in [5.74, 6) is 1.84. The first-order valence-electron chi connectivity index (χ1n) is 10.2. The third-order valence-electron chi connectivity index (χ3n) is 6.26. The van der Waals surface area contributed by atoms with E-state index >= 15 is 0 Å². The molecule has 0 spiro atoms. The summed E-state index contributed by atoms with van der Waals surface area (Å²) in [7, 11) is 1.71. The van der Waals surface area contributed by atoms with Crippen LogP contribution in [0.5, 0.6) is 5.75 Å². The number of nitrogens with two attached hydrogens (primary N) is 1. The minimum atomic E-state index is -4.83. The molecule has 0 bridgehead atoms. The van der Waals surface area contributed by atoms with Gasteiger partial charge < -0.3 is 24.7 Å². The lowest BCUT2D eigenvalue weighted by Crippen LogP contribution is -2.28. The number of methoxy groups -OCH3 is 1. The number of likely N-dealkylation sites (tertiary alicyclic amines) is 1. The van der Waals surface area contributed by atoms with E-state index in [-0.39, 0.29) is 5.82 Å². The van der Waals surface area contributed by atoms with E-state index in [1.165, 1.54) is 12.3 Å². The first-order chi connectivity index (χ1) is 14.3. The van der Waals surface area contributed by atoms with E-state index in [0.29, 0.717) is 35.1 Å². The fraction of sp³-hybridized carbons (Fsp3) is 0.600. The van der Waals surface area contributed by atoms with Crippen molar-refractivity contribution in [2.45, 2.75) is 31.2 Å². The Morgan fingerprint density at radius 1 is 1.23 bits per heavy atom. The highest BCUT2D eigenvalue weighted by atomic mass is 19.4. The van der Waals surface area contributed by atoms with Gasteiger partial charge in [-0.3, -0.25) is 0 Å². The lowest BCUT2D eigenvalue weighted by Gasteiger charge is -2.20. The maximum absolute atomic E-state index is 12.7. The molecule has 1 saturated heterocycles. The molecular weight excluding hydrogens is 399 g/mol.